The van der Waals surface area contributed by atoms with E-state index in [0.717, 1.165) is 11.1 Å². The van der Waals surface area contributed by atoms with E-state index in [1.165, 1.54) is 0 Å². The molecular formula is C22H22ClNO5. The molecule has 2 atom stereocenters. The molecule has 0 saturated carbocycles. The molecule has 2 heterocycles. The number of likely N-dealkylation sites (tertiary alicyclic amines) is 1. The molecule has 1 saturated heterocycles. The average molecular weight is 416 g/mol. The number of nitrogens with zero attached hydrogens (tertiary/aromatic N) is 1. The number of amides is 1. The maximum atomic E-state index is 12.6. The molecule has 1 amide bonds. The van der Waals surface area contributed by atoms with E-state index in [2.05, 4.69) is 0 Å². The summed E-state index contributed by atoms with van der Waals surface area (Å²) >= 11 is 6.15. The van der Waals surface area contributed by atoms with Gasteiger partial charge in [-0.1, -0.05) is 41.9 Å². The number of carbonyl (C=O) groups excluding carboxylic acids is 2. The van der Waals surface area contributed by atoms with Gasteiger partial charge in [0.2, 0.25) is 5.91 Å². The molecule has 0 spiro atoms. The lowest BCUT2D eigenvalue weighted by Gasteiger charge is -2.25. The Bertz CT molecular complexity index is 917. The third-order valence-electron chi connectivity index (χ3n) is 5.36. The van der Waals surface area contributed by atoms with Gasteiger partial charge in [-0.25, -0.2) is 0 Å². The summed E-state index contributed by atoms with van der Waals surface area (Å²) in [4.78, 5) is 26.8. The predicted octanol–water partition coefficient (Wildman–Crippen LogP) is 3.86. The molecule has 7 heteroatoms. The van der Waals surface area contributed by atoms with Crippen molar-refractivity contribution in [3.8, 4) is 5.75 Å². The van der Waals surface area contributed by atoms with Crippen LogP contribution in [0.5, 0.6) is 5.75 Å². The molecule has 0 aliphatic carbocycles. The second kappa shape index (κ2) is 8.43. The van der Waals surface area contributed by atoms with E-state index in [-0.39, 0.29) is 37.7 Å². The maximum absolute atomic E-state index is 12.6. The van der Waals surface area contributed by atoms with Crippen molar-refractivity contribution < 1.29 is 23.8 Å². The molecule has 152 valence electrons. The highest BCUT2D eigenvalue weighted by Gasteiger charge is 2.38. The lowest BCUT2D eigenvalue weighted by molar-refractivity contribution is -0.149. The molecule has 0 bridgehead atoms. The van der Waals surface area contributed by atoms with Crippen molar-refractivity contribution >= 4 is 23.5 Å². The normalized spacial score (nSPS) is 19.4. The van der Waals surface area contributed by atoms with Crippen molar-refractivity contribution in [2.45, 2.75) is 32.6 Å². The van der Waals surface area contributed by atoms with Crippen LogP contribution in [0, 0.1) is 5.92 Å². The molecule has 2 aromatic rings. The Morgan fingerprint density at radius 3 is 2.90 bits per heavy atom. The number of esters is 1. The van der Waals surface area contributed by atoms with Crippen LogP contribution in [-0.2, 0) is 32.3 Å². The molecule has 2 aliphatic heterocycles. The molecule has 0 unspecified atom stereocenters. The van der Waals surface area contributed by atoms with Gasteiger partial charge in [-0.05, 0) is 24.6 Å². The summed E-state index contributed by atoms with van der Waals surface area (Å²) in [7, 11) is 0. The van der Waals surface area contributed by atoms with Crippen LogP contribution in [0.4, 0.5) is 0 Å². The monoisotopic (exact) mass is 415 g/mol. The topological polar surface area (TPSA) is 65.1 Å². The van der Waals surface area contributed by atoms with E-state index in [4.69, 9.17) is 25.8 Å². The van der Waals surface area contributed by atoms with Crippen LogP contribution in [0.25, 0.3) is 0 Å². The lowest BCUT2D eigenvalue weighted by Crippen LogP contribution is -2.29. The van der Waals surface area contributed by atoms with Crippen LogP contribution >= 0.6 is 11.6 Å². The first-order chi connectivity index (χ1) is 14.0. The summed E-state index contributed by atoms with van der Waals surface area (Å²) in [5, 5.41) is 0.530. The highest BCUT2D eigenvalue weighted by atomic mass is 35.5. The number of fused-ring (bicyclic) bond motifs is 1. The van der Waals surface area contributed by atoms with Crippen LogP contribution in [0.2, 0.25) is 5.02 Å². The maximum Gasteiger partial charge on any atom is 0.311 e. The summed E-state index contributed by atoms with van der Waals surface area (Å²) in [6, 6.07) is 13.2. The average Bonchev–Trinajstić information content (AvgIpc) is 3.13. The van der Waals surface area contributed by atoms with E-state index in [1.807, 2.05) is 37.3 Å². The third kappa shape index (κ3) is 4.23. The Kier molecular flexibility index (Phi) is 5.74. The zero-order valence-corrected chi connectivity index (χ0v) is 16.9. The van der Waals surface area contributed by atoms with E-state index >= 15 is 0 Å². The molecule has 0 N–H and O–H groups in total. The summed E-state index contributed by atoms with van der Waals surface area (Å²) in [5.74, 6) is -0.256. The highest BCUT2D eigenvalue weighted by Crippen LogP contribution is 2.33. The molecule has 0 radical (unpaired) electrons. The molecule has 29 heavy (non-hydrogen) atoms. The molecule has 2 aromatic carbocycles. The minimum Gasteiger partial charge on any atom is -0.467 e. The van der Waals surface area contributed by atoms with Crippen molar-refractivity contribution in [3.63, 3.8) is 0 Å². The second-order valence-corrected chi connectivity index (χ2v) is 7.74. The van der Waals surface area contributed by atoms with Gasteiger partial charge in [0.25, 0.3) is 0 Å². The predicted molar refractivity (Wildman–Crippen MR) is 106 cm³/mol. The minimum atomic E-state index is -0.479. The Morgan fingerprint density at radius 2 is 2.10 bits per heavy atom. The standard InChI is InChI=1S/C22H22ClNO5/c1-14(15-5-3-2-4-6-15)24-10-16(9-20(24)25)22(26)28-12-18-8-19(23)7-17-11-27-13-29-21(17)18/h2-8,14,16H,9-13H2,1H3/t14-,16-/m0/s1. The largest absolute Gasteiger partial charge is 0.467 e. The van der Waals surface area contributed by atoms with Gasteiger partial charge in [-0.2, -0.15) is 0 Å². The Hall–Kier alpha value is -2.57. The Morgan fingerprint density at radius 1 is 1.31 bits per heavy atom. The highest BCUT2D eigenvalue weighted by molar-refractivity contribution is 6.30. The zero-order chi connectivity index (χ0) is 20.4. The van der Waals surface area contributed by atoms with E-state index in [1.54, 1.807) is 17.0 Å². The van der Waals surface area contributed by atoms with Crippen LogP contribution in [0.15, 0.2) is 42.5 Å². The SMILES string of the molecule is C[C@@H](c1ccccc1)N1C[C@@H](C(=O)OCc2cc(Cl)cc3c2OCOC3)CC1=O. The number of hydrogen-bond acceptors (Lipinski definition) is 5. The molecule has 6 nitrogen and oxygen atoms in total. The molecule has 4 rings (SSSR count). The van der Waals surface area contributed by atoms with Crippen molar-refractivity contribution in [1.82, 2.24) is 4.90 Å². The van der Waals surface area contributed by atoms with E-state index in [0.29, 0.717) is 29.5 Å². The number of benzene rings is 2. The molecular weight excluding hydrogens is 394 g/mol. The summed E-state index contributed by atoms with van der Waals surface area (Å²) in [6.07, 6.45) is 0.161. The first kappa shape index (κ1) is 19.7. The fraction of sp³-hybridized carbons (Fsp3) is 0.364. The molecule has 2 aliphatic rings. The van der Waals surface area contributed by atoms with Gasteiger partial charge in [0.05, 0.1) is 18.6 Å². The third-order valence-corrected chi connectivity index (χ3v) is 5.58. The van der Waals surface area contributed by atoms with Gasteiger partial charge in [-0.3, -0.25) is 9.59 Å². The van der Waals surface area contributed by atoms with Gasteiger partial charge >= 0.3 is 5.97 Å². The van der Waals surface area contributed by atoms with Crippen molar-refractivity contribution in [1.29, 1.82) is 0 Å². The minimum absolute atomic E-state index is 0.0380. The summed E-state index contributed by atoms with van der Waals surface area (Å²) in [6.45, 7) is 2.92. The second-order valence-electron chi connectivity index (χ2n) is 7.31. The number of hydrogen-bond donors (Lipinski definition) is 0. The lowest BCUT2D eigenvalue weighted by atomic mass is 10.1. The van der Waals surface area contributed by atoms with Gasteiger partial charge in [-0.15, -0.1) is 0 Å². The summed E-state index contributed by atoms with van der Waals surface area (Å²) in [5.41, 5.74) is 2.57. The number of ether oxygens (including phenoxy) is 3. The Labute approximate surface area is 174 Å². The van der Waals surface area contributed by atoms with Crippen LogP contribution < -0.4 is 4.74 Å². The van der Waals surface area contributed by atoms with Crippen molar-refractivity contribution in [3.05, 3.63) is 64.2 Å². The van der Waals surface area contributed by atoms with Gasteiger partial charge in [0, 0.05) is 29.1 Å². The number of carbonyl (C=O) groups is 2. The fourth-order valence-corrected chi connectivity index (χ4v) is 4.07. The van der Waals surface area contributed by atoms with Crippen LogP contribution in [0.3, 0.4) is 0 Å². The number of halogens is 1. The number of rotatable bonds is 5. The first-order valence-corrected chi connectivity index (χ1v) is 9.93. The van der Waals surface area contributed by atoms with Crippen molar-refractivity contribution in [2.24, 2.45) is 5.92 Å². The Balaban J connectivity index is 1.40. The molecule has 0 aromatic heterocycles. The van der Waals surface area contributed by atoms with E-state index < -0.39 is 5.92 Å². The van der Waals surface area contributed by atoms with Crippen LogP contribution in [0.1, 0.15) is 36.1 Å². The summed E-state index contributed by atoms with van der Waals surface area (Å²) < 4.78 is 16.3. The quantitative estimate of drug-likeness (QED) is 0.694. The van der Waals surface area contributed by atoms with Crippen LogP contribution in [-0.4, -0.2) is 30.1 Å². The smallest absolute Gasteiger partial charge is 0.311 e. The van der Waals surface area contributed by atoms with Gasteiger partial charge in [0.15, 0.2) is 6.79 Å². The van der Waals surface area contributed by atoms with Gasteiger partial charge < -0.3 is 19.1 Å². The van der Waals surface area contributed by atoms with E-state index in [9.17, 15) is 9.59 Å². The zero-order valence-electron chi connectivity index (χ0n) is 16.1. The molecule has 1 fully saturated rings. The van der Waals surface area contributed by atoms with Crippen molar-refractivity contribution in [2.75, 3.05) is 13.3 Å². The fourth-order valence-electron chi connectivity index (χ4n) is 3.81. The van der Waals surface area contributed by atoms with Gasteiger partial charge in [0.1, 0.15) is 12.4 Å². The first-order valence-electron chi connectivity index (χ1n) is 9.56.